The van der Waals surface area contributed by atoms with Gasteiger partial charge in [-0.25, -0.2) is 4.79 Å². The van der Waals surface area contributed by atoms with Crippen molar-refractivity contribution in [1.82, 2.24) is 0 Å². The Balaban J connectivity index is 1.83. The molecule has 140 valence electrons. The average molecular weight is 371 g/mol. The van der Waals surface area contributed by atoms with Crippen LogP contribution in [0.25, 0.3) is 33.2 Å². The number of nitrogens with zero attached hydrogens (tertiary/aromatic N) is 1. The average Bonchev–Trinajstić information content (AvgIpc) is 2.73. The van der Waals surface area contributed by atoms with Gasteiger partial charge in [-0.2, -0.15) is 0 Å². The van der Waals surface area contributed by atoms with E-state index in [2.05, 4.69) is 23.1 Å². The summed E-state index contributed by atoms with van der Waals surface area (Å²) < 4.78 is 11.1. The van der Waals surface area contributed by atoms with Crippen LogP contribution >= 0.6 is 0 Å². The van der Waals surface area contributed by atoms with Crippen LogP contribution < -0.4 is 15.3 Å². The maximum Gasteiger partial charge on any atom is 0.344 e. The van der Waals surface area contributed by atoms with Crippen molar-refractivity contribution in [3.8, 4) is 28.0 Å². The van der Waals surface area contributed by atoms with Crippen molar-refractivity contribution in [2.75, 3.05) is 26.1 Å². The second kappa shape index (κ2) is 7.24. The minimum Gasteiger partial charge on any atom is -0.496 e. The van der Waals surface area contributed by atoms with E-state index in [0.29, 0.717) is 16.9 Å². The van der Waals surface area contributed by atoms with Gasteiger partial charge in [-0.15, -0.1) is 0 Å². The number of hydrogen-bond acceptors (Lipinski definition) is 4. The molecule has 0 bridgehead atoms. The predicted molar refractivity (Wildman–Crippen MR) is 114 cm³/mol. The molecular formula is C24H21NO3. The topological polar surface area (TPSA) is 42.7 Å². The van der Waals surface area contributed by atoms with Gasteiger partial charge in [0.1, 0.15) is 11.3 Å². The number of ether oxygens (including phenoxy) is 1. The Morgan fingerprint density at radius 2 is 1.61 bits per heavy atom. The molecule has 0 N–H and O–H groups in total. The first kappa shape index (κ1) is 17.9. The van der Waals surface area contributed by atoms with Crippen molar-refractivity contribution >= 4 is 16.7 Å². The number of fused-ring (bicyclic) bond motifs is 1. The molecule has 4 rings (SSSR count). The molecule has 0 aliphatic carbocycles. The summed E-state index contributed by atoms with van der Waals surface area (Å²) in [6.07, 6.45) is 0. The van der Waals surface area contributed by atoms with Crippen LogP contribution in [0.4, 0.5) is 5.69 Å². The second-order valence-electron chi connectivity index (χ2n) is 6.85. The van der Waals surface area contributed by atoms with E-state index in [0.717, 1.165) is 27.8 Å². The molecule has 4 heteroatoms. The highest BCUT2D eigenvalue weighted by Crippen LogP contribution is 2.34. The molecule has 3 aromatic carbocycles. The van der Waals surface area contributed by atoms with Gasteiger partial charge >= 0.3 is 5.63 Å². The number of rotatable bonds is 4. The number of methoxy groups -OCH3 is 1. The van der Waals surface area contributed by atoms with Gasteiger partial charge in [0.15, 0.2) is 0 Å². The quantitative estimate of drug-likeness (QED) is 0.462. The van der Waals surface area contributed by atoms with Gasteiger partial charge in [-0.05, 0) is 47.5 Å². The van der Waals surface area contributed by atoms with Crippen LogP contribution in [-0.2, 0) is 0 Å². The molecule has 0 saturated carbocycles. The van der Waals surface area contributed by atoms with Crippen LogP contribution in [0, 0.1) is 0 Å². The van der Waals surface area contributed by atoms with Crippen LogP contribution in [0.2, 0.25) is 0 Å². The van der Waals surface area contributed by atoms with Crippen molar-refractivity contribution in [1.29, 1.82) is 0 Å². The SMILES string of the molecule is COc1cc(-c2cccc(N(C)C)c2)ccc1-c1cc2ccccc2oc1=O. The van der Waals surface area contributed by atoms with E-state index in [4.69, 9.17) is 9.15 Å². The van der Waals surface area contributed by atoms with Crippen LogP contribution in [0.15, 0.2) is 82.0 Å². The van der Waals surface area contributed by atoms with Gasteiger partial charge in [0.25, 0.3) is 0 Å². The Hall–Kier alpha value is -3.53. The van der Waals surface area contributed by atoms with Crippen LogP contribution in [0.5, 0.6) is 5.75 Å². The summed E-state index contributed by atoms with van der Waals surface area (Å²) in [7, 11) is 5.64. The van der Waals surface area contributed by atoms with Crippen molar-refractivity contribution in [2.45, 2.75) is 0 Å². The zero-order valence-electron chi connectivity index (χ0n) is 16.1. The van der Waals surface area contributed by atoms with E-state index >= 15 is 0 Å². The second-order valence-corrected chi connectivity index (χ2v) is 6.85. The largest absolute Gasteiger partial charge is 0.496 e. The fourth-order valence-electron chi connectivity index (χ4n) is 3.31. The fraction of sp³-hybridized carbons (Fsp3) is 0.125. The Morgan fingerprint density at radius 3 is 2.39 bits per heavy atom. The van der Waals surface area contributed by atoms with E-state index in [1.54, 1.807) is 13.2 Å². The Labute approximate surface area is 163 Å². The molecule has 0 aliphatic heterocycles. The van der Waals surface area contributed by atoms with Crippen LogP contribution in [0.1, 0.15) is 0 Å². The highest BCUT2D eigenvalue weighted by atomic mass is 16.5. The molecule has 28 heavy (non-hydrogen) atoms. The molecule has 0 amide bonds. The smallest absolute Gasteiger partial charge is 0.344 e. The third kappa shape index (κ3) is 3.25. The molecule has 1 heterocycles. The minimum atomic E-state index is -0.376. The molecule has 0 aliphatic rings. The van der Waals surface area contributed by atoms with E-state index in [1.807, 2.05) is 62.6 Å². The van der Waals surface area contributed by atoms with Gasteiger partial charge in [0.2, 0.25) is 0 Å². The first-order chi connectivity index (χ1) is 13.6. The highest BCUT2D eigenvalue weighted by Gasteiger charge is 2.14. The van der Waals surface area contributed by atoms with E-state index in [9.17, 15) is 4.79 Å². The maximum atomic E-state index is 12.5. The number of para-hydroxylation sites is 1. The monoisotopic (exact) mass is 371 g/mol. The lowest BCUT2D eigenvalue weighted by atomic mass is 9.99. The Morgan fingerprint density at radius 1 is 0.821 bits per heavy atom. The maximum absolute atomic E-state index is 12.5. The molecule has 0 atom stereocenters. The minimum absolute atomic E-state index is 0.376. The van der Waals surface area contributed by atoms with Gasteiger partial charge in [-0.3, -0.25) is 0 Å². The standard InChI is InChI=1S/C24H21NO3/c1-25(2)19-9-6-8-16(13-19)17-11-12-20(23(15-17)27-3)21-14-18-7-4-5-10-22(18)28-24(21)26/h4-15H,1-3H3. The van der Waals surface area contributed by atoms with E-state index in [1.165, 1.54) is 0 Å². The van der Waals surface area contributed by atoms with Gasteiger partial charge in [0.05, 0.1) is 12.7 Å². The first-order valence-corrected chi connectivity index (χ1v) is 9.06. The lowest BCUT2D eigenvalue weighted by Gasteiger charge is -2.15. The molecule has 0 fully saturated rings. The molecule has 0 unspecified atom stereocenters. The predicted octanol–water partition coefficient (Wildman–Crippen LogP) is 5.20. The number of hydrogen-bond donors (Lipinski definition) is 0. The summed E-state index contributed by atoms with van der Waals surface area (Å²) in [5, 5.41) is 0.877. The first-order valence-electron chi connectivity index (χ1n) is 9.06. The third-order valence-corrected chi connectivity index (χ3v) is 4.83. The highest BCUT2D eigenvalue weighted by molar-refractivity contribution is 5.84. The van der Waals surface area contributed by atoms with Gasteiger partial charge in [0, 0.05) is 30.7 Å². The van der Waals surface area contributed by atoms with Crippen molar-refractivity contribution in [2.24, 2.45) is 0 Å². The summed E-state index contributed by atoms with van der Waals surface area (Å²) in [5.41, 5.74) is 4.64. The number of benzene rings is 3. The van der Waals surface area contributed by atoms with Crippen LogP contribution in [-0.4, -0.2) is 21.2 Å². The normalized spacial score (nSPS) is 10.8. The molecule has 4 aromatic rings. The van der Waals surface area contributed by atoms with Crippen LogP contribution in [0.3, 0.4) is 0 Å². The molecule has 0 saturated heterocycles. The van der Waals surface area contributed by atoms with Crippen molar-refractivity contribution in [3.63, 3.8) is 0 Å². The van der Waals surface area contributed by atoms with E-state index < -0.39 is 0 Å². The molecule has 1 aromatic heterocycles. The summed E-state index contributed by atoms with van der Waals surface area (Å²) in [5.74, 6) is 0.635. The van der Waals surface area contributed by atoms with Gasteiger partial charge in [-0.1, -0.05) is 36.4 Å². The molecule has 0 spiro atoms. The van der Waals surface area contributed by atoms with Gasteiger partial charge < -0.3 is 14.1 Å². The Kier molecular flexibility index (Phi) is 4.62. The molecule has 0 radical (unpaired) electrons. The molecular weight excluding hydrogens is 350 g/mol. The summed E-state index contributed by atoms with van der Waals surface area (Å²) >= 11 is 0. The fourth-order valence-corrected chi connectivity index (χ4v) is 3.31. The van der Waals surface area contributed by atoms with E-state index in [-0.39, 0.29) is 5.63 Å². The lowest BCUT2D eigenvalue weighted by molar-refractivity contribution is 0.416. The van der Waals surface area contributed by atoms with Crippen molar-refractivity contribution in [3.05, 3.63) is 83.2 Å². The zero-order valence-corrected chi connectivity index (χ0v) is 16.1. The Bertz CT molecular complexity index is 1210. The lowest BCUT2D eigenvalue weighted by Crippen LogP contribution is -2.08. The summed E-state index contributed by atoms with van der Waals surface area (Å²) in [6.45, 7) is 0. The summed E-state index contributed by atoms with van der Waals surface area (Å²) in [4.78, 5) is 14.6. The number of anilines is 1. The summed E-state index contributed by atoms with van der Waals surface area (Å²) in [6, 6.07) is 23.5. The molecule has 4 nitrogen and oxygen atoms in total. The van der Waals surface area contributed by atoms with Crippen molar-refractivity contribution < 1.29 is 9.15 Å². The zero-order chi connectivity index (χ0) is 19.7. The third-order valence-electron chi connectivity index (χ3n) is 4.83.